The van der Waals surface area contributed by atoms with E-state index in [4.69, 9.17) is 0 Å². The van der Waals surface area contributed by atoms with Crippen molar-refractivity contribution in [2.75, 3.05) is 18.9 Å². The molecule has 3 rings (SSSR count). The molecule has 7 nitrogen and oxygen atoms in total. The summed E-state index contributed by atoms with van der Waals surface area (Å²) in [6.45, 7) is 9.71. The summed E-state index contributed by atoms with van der Waals surface area (Å²) in [6.07, 6.45) is 1.71. The minimum atomic E-state index is -0.245. The van der Waals surface area contributed by atoms with Gasteiger partial charge in [0, 0.05) is 24.2 Å². The maximum atomic E-state index is 13.0. The lowest BCUT2D eigenvalue weighted by Gasteiger charge is -2.19. The summed E-state index contributed by atoms with van der Waals surface area (Å²) in [7, 11) is 1.62. The van der Waals surface area contributed by atoms with Gasteiger partial charge in [-0.15, -0.1) is 0 Å². The third-order valence-corrected chi connectivity index (χ3v) is 4.95. The quantitative estimate of drug-likeness (QED) is 0.718. The van der Waals surface area contributed by atoms with E-state index in [1.165, 1.54) is 4.90 Å². The monoisotopic (exact) mass is 393 g/mol. The van der Waals surface area contributed by atoms with Crippen LogP contribution in [0.15, 0.2) is 30.5 Å². The Morgan fingerprint density at radius 2 is 1.83 bits per heavy atom. The molecular weight excluding hydrogens is 366 g/mol. The topological polar surface area (TPSA) is 80.1 Å². The molecule has 0 saturated carbocycles. The number of nitrogens with zero attached hydrogens (tertiary/aromatic N) is 4. The third kappa shape index (κ3) is 4.13. The number of aryl methyl sites for hydroxylation is 3. The predicted molar refractivity (Wildman–Crippen MR) is 114 cm³/mol. The van der Waals surface area contributed by atoms with Crippen molar-refractivity contribution in [1.29, 1.82) is 0 Å². The zero-order valence-electron chi connectivity index (χ0n) is 17.8. The summed E-state index contributed by atoms with van der Waals surface area (Å²) in [4.78, 5) is 31.4. The van der Waals surface area contributed by atoms with Crippen molar-refractivity contribution in [2.24, 2.45) is 0 Å². The fourth-order valence-corrected chi connectivity index (χ4v) is 3.34. The molecule has 7 heteroatoms. The van der Waals surface area contributed by atoms with Crippen LogP contribution < -0.4 is 5.32 Å². The highest BCUT2D eigenvalue weighted by atomic mass is 16.2. The maximum Gasteiger partial charge on any atom is 0.255 e. The van der Waals surface area contributed by atoms with Crippen LogP contribution in [0.1, 0.15) is 47.1 Å². The number of anilines is 1. The van der Waals surface area contributed by atoms with Crippen molar-refractivity contribution in [1.82, 2.24) is 19.7 Å². The van der Waals surface area contributed by atoms with Crippen LogP contribution >= 0.6 is 0 Å². The molecule has 1 N–H and O–H groups in total. The van der Waals surface area contributed by atoms with Crippen LogP contribution in [0.4, 0.5) is 5.69 Å². The Hall–Kier alpha value is -3.22. The summed E-state index contributed by atoms with van der Waals surface area (Å²) in [5, 5.41) is 8.08. The molecule has 0 spiro atoms. The van der Waals surface area contributed by atoms with E-state index in [-0.39, 0.29) is 24.4 Å². The van der Waals surface area contributed by atoms with E-state index in [9.17, 15) is 9.59 Å². The fourth-order valence-electron chi connectivity index (χ4n) is 3.34. The number of nitrogens with one attached hydrogen (secondary N) is 1. The Morgan fingerprint density at radius 3 is 2.45 bits per heavy atom. The number of likely N-dealkylation sites (N-methyl/N-ethyl adjacent to an activating group) is 1. The molecule has 152 valence electrons. The molecule has 0 radical (unpaired) electrons. The Kier molecular flexibility index (Phi) is 5.68. The summed E-state index contributed by atoms with van der Waals surface area (Å²) < 4.78 is 1.83. The van der Waals surface area contributed by atoms with Crippen molar-refractivity contribution in [3.05, 3.63) is 52.8 Å². The molecule has 2 heterocycles. The second-order valence-electron chi connectivity index (χ2n) is 7.69. The van der Waals surface area contributed by atoms with Crippen molar-refractivity contribution >= 4 is 28.5 Å². The van der Waals surface area contributed by atoms with Crippen LogP contribution in [0.2, 0.25) is 0 Å². The highest BCUT2D eigenvalue weighted by molar-refractivity contribution is 6.01. The second-order valence-corrected chi connectivity index (χ2v) is 7.69. The van der Waals surface area contributed by atoms with Gasteiger partial charge in [-0.3, -0.25) is 9.59 Å². The number of rotatable bonds is 5. The lowest BCUT2D eigenvalue weighted by molar-refractivity contribution is -0.116. The Bertz CT molecular complexity index is 1060. The van der Waals surface area contributed by atoms with Crippen molar-refractivity contribution in [2.45, 2.75) is 40.7 Å². The normalized spacial score (nSPS) is 11.1. The SMILES string of the molecule is Cc1cccc(C)c1NC(=O)CN(C)C(=O)c1cc2cnn(C(C)C)c2nc1C. The first-order chi connectivity index (χ1) is 13.7. The van der Waals surface area contributed by atoms with Gasteiger partial charge in [-0.2, -0.15) is 5.10 Å². The van der Waals surface area contributed by atoms with E-state index in [0.29, 0.717) is 11.3 Å². The van der Waals surface area contributed by atoms with E-state index < -0.39 is 0 Å². The third-order valence-electron chi connectivity index (χ3n) is 4.95. The lowest BCUT2D eigenvalue weighted by Crippen LogP contribution is -2.35. The molecule has 0 aliphatic carbocycles. The number of hydrogen-bond donors (Lipinski definition) is 1. The number of hydrogen-bond acceptors (Lipinski definition) is 4. The number of carbonyl (C=O) groups excluding carboxylic acids is 2. The first-order valence-corrected chi connectivity index (χ1v) is 9.65. The zero-order valence-corrected chi connectivity index (χ0v) is 17.8. The first-order valence-electron chi connectivity index (χ1n) is 9.65. The minimum Gasteiger partial charge on any atom is -0.332 e. The van der Waals surface area contributed by atoms with E-state index >= 15 is 0 Å². The molecule has 3 aromatic rings. The van der Waals surface area contributed by atoms with Crippen LogP contribution in [0.25, 0.3) is 11.0 Å². The van der Waals surface area contributed by atoms with Gasteiger partial charge < -0.3 is 10.2 Å². The van der Waals surface area contributed by atoms with Gasteiger partial charge >= 0.3 is 0 Å². The number of pyridine rings is 1. The van der Waals surface area contributed by atoms with E-state index in [0.717, 1.165) is 27.8 Å². The summed E-state index contributed by atoms with van der Waals surface area (Å²) in [5.41, 5.74) is 4.61. The van der Waals surface area contributed by atoms with Gasteiger partial charge in [-0.1, -0.05) is 18.2 Å². The van der Waals surface area contributed by atoms with Gasteiger partial charge in [0.15, 0.2) is 5.65 Å². The summed E-state index contributed by atoms with van der Waals surface area (Å²) in [6, 6.07) is 7.81. The van der Waals surface area contributed by atoms with Crippen LogP contribution in [-0.4, -0.2) is 45.1 Å². The maximum absolute atomic E-state index is 13.0. The molecule has 0 unspecified atom stereocenters. The number of amides is 2. The number of benzene rings is 1. The smallest absolute Gasteiger partial charge is 0.255 e. The van der Waals surface area contributed by atoms with Gasteiger partial charge in [0.1, 0.15) is 0 Å². The molecule has 0 bridgehead atoms. The van der Waals surface area contributed by atoms with Gasteiger partial charge in [0.05, 0.1) is 24.0 Å². The van der Waals surface area contributed by atoms with Crippen molar-refractivity contribution < 1.29 is 9.59 Å². The molecule has 2 aromatic heterocycles. The highest BCUT2D eigenvalue weighted by Gasteiger charge is 2.20. The molecule has 0 aliphatic heterocycles. The average Bonchev–Trinajstić information content (AvgIpc) is 3.06. The second kappa shape index (κ2) is 8.03. The van der Waals surface area contributed by atoms with Crippen molar-refractivity contribution in [3.63, 3.8) is 0 Å². The lowest BCUT2D eigenvalue weighted by atomic mass is 10.1. The van der Waals surface area contributed by atoms with Gasteiger partial charge in [0.2, 0.25) is 5.91 Å². The van der Waals surface area contributed by atoms with Gasteiger partial charge in [-0.05, 0) is 51.8 Å². The molecular formula is C22H27N5O2. The van der Waals surface area contributed by atoms with Crippen LogP contribution in [0.3, 0.4) is 0 Å². The van der Waals surface area contributed by atoms with E-state index in [1.807, 2.05) is 50.6 Å². The van der Waals surface area contributed by atoms with Crippen LogP contribution in [0.5, 0.6) is 0 Å². The molecule has 1 aromatic carbocycles. The van der Waals surface area contributed by atoms with Crippen molar-refractivity contribution in [3.8, 4) is 0 Å². The molecule has 0 atom stereocenters. The van der Waals surface area contributed by atoms with Gasteiger partial charge in [-0.25, -0.2) is 9.67 Å². The molecule has 29 heavy (non-hydrogen) atoms. The van der Waals surface area contributed by atoms with Crippen LogP contribution in [0, 0.1) is 20.8 Å². The molecule has 2 amide bonds. The molecule has 0 fully saturated rings. The molecule has 0 aliphatic rings. The summed E-state index contributed by atoms with van der Waals surface area (Å²) >= 11 is 0. The highest BCUT2D eigenvalue weighted by Crippen LogP contribution is 2.21. The van der Waals surface area contributed by atoms with E-state index in [2.05, 4.69) is 15.4 Å². The number of fused-ring (bicyclic) bond motifs is 1. The summed E-state index contributed by atoms with van der Waals surface area (Å²) in [5.74, 6) is -0.483. The Morgan fingerprint density at radius 1 is 1.17 bits per heavy atom. The average molecular weight is 393 g/mol. The fraction of sp³-hybridized carbons (Fsp3) is 0.364. The predicted octanol–water partition coefficient (Wildman–Crippen LogP) is 3.65. The standard InChI is InChI=1S/C22H27N5O2/c1-13(2)27-21-17(11-23-27)10-18(16(5)24-21)22(29)26(6)12-19(28)25-20-14(3)8-7-9-15(20)4/h7-11,13H,12H2,1-6H3,(H,25,28). The Balaban J connectivity index is 1.78. The van der Waals surface area contributed by atoms with E-state index in [1.54, 1.807) is 26.2 Å². The minimum absolute atomic E-state index is 0.0463. The Labute approximate surface area is 170 Å². The van der Waals surface area contributed by atoms with Gasteiger partial charge in [0.25, 0.3) is 5.91 Å². The van der Waals surface area contributed by atoms with Crippen LogP contribution in [-0.2, 0) is 4.79 Å². The zero-order chi connectivity index (χ0) is 21.3. The first kappa shape index (κ1) is 20.5. The largest absolute Gasteiger partial charge is 0.332 e. The number of carbonyl (C=O) groups is 2. The number of para-hydroxylation sites is 1. The molecule has 0 saturated heterocycles. The number of aromatic nitrogens is 3.